The van der Waals surface area contributed by atoms with E-state index in [1.807, 2.05) is 0 Å². The average molecular weight is 309 g/mol. The zero-order valence-electron chi connectivity index (χ0n) is 13.0. The van der Waals surface area contributed by atoms with E-state index in [-0.39, 0.29) is 12.5 Å². The Morgan fingerprint density at radius 2 is 2.14 bits per heavy atom. The van der Waals surface area contributed by atoms with Gasteiger partial charge in [0, 0.05) is 38.1 Å². The van der Waals surface area contributed by atoms with Gasteiger partial charge in [0.05, 0.1) is 24.9 Å². The van der Waals surface area contributed by atoms with Crippen LogP contribution in [0.4, 0.5) is 0 Å². The van der Waals surface area contributed by atoms with Gasteiger partial charge >= 0.3 is 0 Å². The topological polar surface area (TPSA) is 83.8 Å². The normalized spacial score (nSPS) is 17.2. The van der Waals surface area contributed by atoms with Crippen LogP contribution in [0, 0.1) is 13.8 Å². The minimum Gasteiger partial charge on any atom is -0.390 e. The van der Waals surface area contributed by atoms with Crippen molar-refractivity contribution in [2.45, 2.75) is 20.0 Å². The lowest BCUT2D eigenvalue weighted by Gasteiger charge is -2.28. The average Bonchev–Trinajstić information content (AvgIpc) is 2.80. The summed E-state index contributed by atoms with van der Waals surface area (Å²) in [5, 5.41) is 12.8. The number of ether oxygens (including phenoxy) is 1. The maximum Gasteiger partial charge on any atom is 0.253 e. The van der Waals surface area contributed by atoms with Crippen LogP contribution >= 0.6 is 0 Å². The van der Waals surface area contributed by atoms with Gasteiger partial charge in [0.15, 0.2) is 0 Å². The number of aryl methyl sites for hydroxylation is 1. The monoisotopic (exact) mass is 309 g/mol. The molecule has 2 rings (SSSR count). The minimum atomic E-state index is -0.629. The third kappa shape index (κ3) is 3.94. The summed E-state index contributed by atoms with van der Waals surface area (Å²) in [5.41, 5.74) is 1.84. The molecule has 0 bridgehead atoms. The highest BCUT2D eigenvalue weighted by molar-refractivity contribution is 5.97. The molecule has 22 heavy (non-hydrogen) atoms. The molecule has 0 aromatic carbocycles. The Morgan fingerprint density at radius 3 is 2.73 bits per heavy atom. The smallest absolute Gasteiger partial charge is 0.253 e. The fourth-order valence-corrected chi connectivity index (χ4v) is 2.68. The fraction of sp³-hybridized carbons (Fsp3) is 0.600. The molecule has 7 heteroatoms. The second-order valence-electron chi connectivity index (χ2n) is 5.56. The summed E-state index contributed by atoms with van der Waals surface area (Å²) in [6.45, 7) is 7.15. The Balaban J connectivity index is 1.86. The fourth-order valence-electron chi connectivity index (χ4n) is 2.68. The van der Waals surface area contributed by atoms with Crippen molar-refractivity contribution in [3.05, 3.63) is 23.0 Å². The van der Waals surface area contributed by atoms with Crippen LogP contribution in [-0.4, -0.2) is 72.4 Å². The van der Waals surface area contributed by atoms with Gasteiger partial charge in [-0.1, -0.05) is 0 Å². The first-order valence-corrected chi connectivity index (χ1v) is 7.42. The van der Waals surface area contributed by atoms with Gasteiger partial charge in [-0.25, -0.2) is 0 Å². The van der Waals surface area contributed by atoms with Crippen molar-refractivity contribution in [3.8, 4) is 0 Å². The highest BCUT2D eigenvalue weighted by Crippen LogP contribution is 2.14. The predicted molar refractivity (Wildman–Crippen MR) is 81.7 cm³/mol. The summed E-state index contributed by atoms with van der Waals surface area (Å²) in [6.07, 6.45) is 1.67. The number of carbonyl (C=O) groups excluding carboxylic acids is 2. The maximum absolute atomic E-state index is 12.2. The van der Waals surface area contributed by atoms with Crippen molar-refractivity contribution >= 4 is 12.3 Å². The van der Waals surface area contributed by atoms with Crippen LogP contribution in [0.5, 0.6) is 0 Å². The van der Waals surface area contributed by atoms with Crippen molar-refractivity contribution in [2.75, 3.05) is 39.4 Å². The van der Waals surface area contributed by atoms with E-state index in [2.05, 4.69) is 10.2 Å². The molecule has 0 aliphatic carbocycles. The number of nitrogens with one attached hydrogen (secondary N) is 1. The number of rotatable bonds is 6. The number of amides is 1. The molecule has 0 unspecified atom stereocenters. The van der Waals surface area contributed by atoms with E-state index < -0.39 is 6.10 Å². The lowest BCUT2D eigenvalue weighted by atomic mass is 10.1. The molecule has 1 aliphatic heterocycles. The molecular weight excluding hydrogens is 286 g/mol. The van der Waals surface area contributed by atoms with E-state index in [0.717, 1.165) is 18.7 Å². The summed E-state index contributed by atoms with van der Waals surface area (Å²) < 4.78 is 6.64. The molecule has 1 amide bonds. The third-order valence-corrected chi connectivity index (χ3v) is 3.89. The van der Waals surface area contributed by atoms with Gasteiger partial charge in [-0.05, 0) is 19.4 Å². The van der Waals surface area contributed by atoms with E-state index in [1.165, 1.54) is 4.57 Å². The number of nitrogens with zero attached hydrogens (tertiary/aromatic N) is 2. The summed E-state index contributed by atoms with van der Waals surface area (Å²) in [5.74, 6) is -0.267. The zero-order chi connectivity index (χ0) is 16.1. The van der Waals surface area contributed by atoms with E-state index in [0.29, 0.717) is 37.4 Å². The van der Waals surface area contributed by atoms with Gasteiger partial charge in [0.25, 0.3) is 5.91 Å². The summed E-state index contributed by atoms with van der Waals surface area (Å²) in [4.78, 5) is 25.2. The van der Waals surface area contributed by atoms with Crippen LogP contribution in [-0.2, 0) is 9.53 Å². The van der Waals surface area contributed by atoms with Crippen LogP contribution in [0.3, 0.4) is 0 Å². The molecule has 1 fully saturated rings. The second-order valence-corrected chi connectivity index (χ2v) is 5.56. The quantitative estimate of drug-likeness (QED) is 0.697. The lowest BCUT2D eigenvalue weighted by Crippen LogP contribution is -2.44. The van der Waals surface area contributed by atoms with E-state index >= 15 is 0 Å². The molecule has 0 saturated carbocycles. The summed E-state index contributed by atoms with van der Waals surface area (Å²) >= 11 is 0. The Hall–Kier alpha value is -1.70. The van der Waals surface area contributed by atoms with Crippen LogP contribution in [0.25, 0.3) is 0 Å². The van der Waals surface area contributed by atoms with Crippen LogP contribution < -0.4 is 5.32 Å². The van der Waals surface area contributed by atoms with Gasteiger partial charge < -0.3 is 15.2 Å². The second kappa shape index (κ2) is 7.53. The Kier molecular flexibility index (Phi) is 5.70. The number of hydrogen-bond acceptors (Lipinski definition) is 5. The highest BCUT2D eigenvalue weighted by Gasteiger charge is 2.19. The molecular formula is C15H23N3O4. The molecule has 1 atom stereocenters. The van der Waals surface area contributed by atoms with Crippen molar-refractivity contribution < 1.29 is 19.4 Å². The van der Waals surface area contributed by atoms with E-state index in [4.69, 9.17) is 4.74 Å². The first-order chi connectivity index (χ1) is 10.5. The standard InChI is InChI=1S/C15H23N3O4/c1-11-8-18(10-19)12(2)14(11)15(21)16-7-13(20)9-17-3-5-22-6-4-17/h8,10,13,20H,3-7,9H2,1-2H3,(H,16,21)/t13-/m0/s1. The molecule has 1 aliphatic rings. The molecule has 7 nitrogen and oxygen atoms in total. The summed E-state index contributed by atoms with van der Waals surface area (Å²) in [6, 6.07) is 0. The molecule has 122 valence electrons. The lowest BCUT2D eigenvalue weighted by molar-refractivity contribution is 0.0149. The Morgan fingerprint density at radius 1 is 1.45 bits per heavy atom. The number of aliphatic hydroxyl groups excluding tert-OH is 1. The van der Waals surface area contributed by atoms with Gasteiger partial charge in [-0.2, -0.15) is 0 Å². The number of morpholine rings is 1. The first-order valence-electron chi connectivity index (χ1n) is 7.42. The number of aliphatic hydroxyl groups is 1. The minimum absolute atomic E-state index is 0.182. The van der Waals surface area contributed by atoms with Crippen LogP contribution in [0.1, 0.15) is 21.6 Å². The maximum atomic E-state index is 12.2. The van der Waals surface area contributed by atoms with Crippen molar-refractivity contribution in [1.82, 2.24) is 14.8 Å². The van der Waals surface area contributed by atoms with E-state index in [9.17, 15) is 14.7 Å². The number of hydrogen-bond donors (Lipinski definition) is 2. The molecule has 1 aromatic heterocycles. The molecule has 1 aromatic rings. The SMILES string of the molecule is Cc1cn(C=O)c(C)c1C(=O)NC[C@H](O)CN1CCOCC1. The van der Waals surface area contributed by atoms with Gasteiger partial charge in [-0.15, -0.1) is 0 Å². The van der Waals surface area contributed by atoms with Gasteiger partial charge in [0.2, 0.25) is 6.41 Å². The molecule has 0 radical (unpaired) electrons. The number of β-amino-alcohol motifs (C(OH)–C–C–N with tert-alkyl or cyclic N) is 1. The van der Waals surface area contributed by atoms with Crippen molar-refractivity contribution in [3.63, 3.8) is 0 Å². The van der Waals surface area contributed by atoms with Crippen molar-refractivity contribution in [2.24, 2.45) is 0 Å². The predicted octanol–water partition coefficient (Wildman–Crippen LogP) is -0.434. The van der Waals surface area contributed by atoms with E-state index in [1.54, 1.807) is 20.0 Å². The number of aromatic nitrogens is 1. The highest BCUT2D eigenvalue weighted by atomic mass is 16.5. The Labute approximate surface area is 129 Å². The largest absolute Gasteiger partial charge is 0.390 e. The van der Waals surface area contributed by atoms with Gasteiger partial charge in [-0.3, -0.25) is 19.1 Å². The summed E-state index contributed by atoms with van der Waals surface area (Å²) in [7, 11) is 0. The molecule has 2 N–H and O–H groups in total. The molecule has 2 heterocycles. The third-order valence-electron chi connectivity index (χ3n) is 3.89. The van der Waals surface area contributed by atoms with Crippen LogP contribution in [0.2, 0.25) is 0 Å². The number of carbonyl (C=O) groups is 2. The zero-order valence-corrected chi connectivity index (χ0v) is 13.0. The molecule has 0 spiro atoms. The first kappa shape index (κ1) is 16.7. The van der Waals surface area contributed by atoms with Crippen molar-refractivity contribution in [1.29, 1.82) is 0 Å². The van der Waals surface area contributed by atoms with Crippen LogP contribution in [0.15, 0.2) is 6.20 Å². The molecule has 1 saturated heterocycles. The van der Waals surface area contributed by atoms with Gasteiger partial charge in [0.1, 0.15) is 0 Å². The Bertz CT molecular complexity index is 535.